The monoisotopic (exact) mass is 936 g/mol. The predicted octanol–water partition coefficient (Wildman–Crippen LogP) is 2.62. The maximum absolute atomic E-state index is 14.4. The molecule has 1 aromatic carbocycles. The van der Waals surface area contributed by atoms with Crippen LogP contribution >= 0.6 is 0 Å². The zero-order valence-electron chi connectivity index (χ0n) is 43.8. The summed E-state index contributed by atoms with van der Waals surface area (Å²) in [6, 6.07) is -5.54. The first-order valence-electron chi connectivity index (χ1n) is 24.1. The molecule has 0 unspecified atom stereocenters. The number of nitrogens with one attached hydrogen (secondary N) is 1. The lowest BCUT2D eigenvalue weighted by Gasteiger charge is -2.48. The lowest BCUT2D eigenvalue weighted by molar-refractivity contribution is -0.317. The van der Waals surface area contributed by atoms with Crippen molar-refractivity contribution in [1.82, 2.24) is 9.21 Å². The molecule has 6 N–H and O–H groups in total. The fourth-order valence-corrected chi connectivity index (χ4v) is 10.8. The number of sulfonamides is 1. The maximum Gasteiger partial charge on any atom is 0.311 e. The molecule has 3 aliphatic rings. The number of rotatable bonds is 10. The predicted molar refractivity (Wildman–Crippen MR) is 236 cm³/mol. The average molecular weight is 936 g/mol. The highest BCUT2D eigenvalue weighted by molar-refractivity contribution is 7.89. The van der Waals surface area contributed by atoms with Crippen LogP contribution in [0.2, 0.25) is 0 Å². The van der Waals surface area contributed by atoms with Gasteiger partial charge in [0.15, 0.2) is 12.6 Å². The van der Waals surface area contributed by atoms with Gasteiger partial charge in [0.2, 0.25) is 15.9 Å². The van der Waals surface area contributed by atoms with Crippen molar-refractivity contribution < 1.29 is 77.4 Å². The molecule has 0 spiro atoms. The lowest BCUT2D eigenvalue weighted by Crippen LogP contribution is -2.61. The van der Waals surface area contributed by atoms with E-state index in [1.165, 1.54) is 27.9 Å². The zero-order chi connectivity index (χ0) is 51.9. The molecule has 0 aromatic heterocycles. The highest BCUT2D eigenvalue weighted by Crippen LogP contribution is 2.40. The van der Waals surface area contributed by atoms with E-state index >= 15 is 0 Å². The molecular formula is C45H77N3O15S. The van der Waals surface area contributed by atoms with Gasteiger partial charge in [-0.25, -0.2) is 8.42 Å². The van der Waals surface area contributed by atoms with E-state index in [2.05, 4.69) is 5.32 Å². The number of methoxy groups -OCH3 is 1. The molecule has 4 rings (SSSR count). The van der Waals surface area contributed by atoms with E-state index in [0.29, 0.717) is 0 Å². The van der Waals surface area contributed by atoms with Gasteiger partial charge in [-0.05, 0) is 105 Å². The Morgan fingerprint density at radius 3 is 2.17 bits per heavy atom. The van der Waals surface area contributed by atoms with Crippen LogP contribution in [0.5, 0.6) is 0 Å². The number of hydrogen-bond acceptors (Lipinski definition) is 16. The van der Waals surface area contributed by atoms with Gasteiger partial charge in [-0.3, -0.25) is 9.59 Å². The van der Waals surface area contributed by atoms with Crippen LogP contribution in [0.1, 0.15) is 107 Å². The fraction of sp³-hybridized carbons (Fsp3) is 0.822. The topological polar surface area (TPSA) is 243 Å². The van der Waals surface area contributed by atoms with E-state index in [1.54, 1.807) is 48.6 Å². The third-order valence-electron chi connectivity index (χ3n) is 13.6. The number of aliphatic hydroxyl groups excluding tert-OH is 3. The van der Waals surface area contributed by atoms with Crippen LogP contribution in [-0.2, 0) is 48.0 Å². The van der Waals surface area contributed by atoms with Crippen molar-refractivity contribution in [3.8, 4) is 0 Å². The number of cyclic esters (lactones) is 1. The molecule has 3 saturated heterocycles. The smallest absolute Gasteiger partial charge is 0.311 e. The SMILES string of the molecule is [2H]c1c([2H])c(S(=O)(=O)N(C)[C@H]2C[C@@H](C)O[C@@H](O[C@@H]3[C@@H](C)[C@H](O[C@H]4C[C@@](C)(OC)[C@@H](O)[C@H](C)O4)[C@@H](C)C(=O)O[C@H](CC)[C@@](C)(O)[C@H](O)[C@@H](C)N(C)C[C@H](C)C[C@@]3(C)O)[C@@H]2O)c([2H])c([2H])c1NC(C)=O. The minimum absolute atomic E-state index is 0.00756. The van der Waals surface area contributed by atoms with Gasteiger partial charge in [-0.15, -0.1) is 0 Å². The van der Waals surface area contributed by atoms with E-state index in [0.717, 1.165) is 18.3 Å². The van der Waals surface area contributed by atoms with Crippen LogP contribution in [0.15, 0.2) is 29.1 Å². The standard InChI is InChI=1S/C45H77N3O15S/c1-15-34-45(11,55)38(51)28(6)47(12)23-24(2)21-43(9,54)40(26(4)37(27(5)41(53)61-34)62-35-22-44(10,58-14)39(52)29(7)60-35)63-42-36(50)33(20-25(3)59-42)48(13)64(56,57)32-18-16-31(17-19-32)46-30(8)49/h16-19,24-29,33-40,42,50-52,54-55H,15,20-23H2,1-14H3,(H,46,49)/t24-,25-,26+,27-,28-,29+,33+,34-,35+,36-,37+,38-,39+,40-,42+,43-,44-,45-/m1/s1/i16D,17D,18D,19D. The summed E-state index contributed by atoms with van der Waals surface area (Å²) in [5.41, 5.74) is -5.44. The van der Waals surface area contributed by atoms with Crippen LogP contribution in [0.3, 0.4) is 0 Å². The molecule has 368 valence electrons. The summed E-state index contributed by atoms with van der Waals surface area (Å²) in [6.45, 7) is 17.7. The first-order valence-corrected chi connectivity index (χ1v) is 23.6. The zero-order valence-corrected chi connectivity index (χ0v) is 40.6. The number of carbonyl (C=O) groups is 2. The highest BCUT2D eigenvalue weighted by Gasteiger charge is 2.53. The average Bonchev–Trinajstić information content (AvgIpc) is 3.25. The third kappa shape index (κ3) is 12.0. The number of likely N-dealkylation sites (N-methyl/N-ethyl adjacent to an activating group) is 2. The van der Waals surface area contributed by atoms with Crippen LogP contribution < -0.4 is 5.32 Å². The number of nitrogens with zero attached hydrogens (tertiary/aromatic N) is 2. The van der Waals surface area contributed by atoms with Crippen molar-refractivity contribution in [3.05, 3.63) is 24.2 Å². The molecule has 0 radical (unpaired) electrons. The molecule has 1 aromatic rings. The van der Waals surface area contributed by atoms with Gasteiger partial charge in [0, 0.05) is 51.7 Å². The number of hydrogen-bond donors (Lipinski definition) is 6. The largest absolute Gasteiger partial charge is 0.459 e. The number of aliphatic hydroxyl groups is 5. The van der Waals surface area contributed by atoms with Crippen molar-refractivity contribution in [3.63, 3.8) is 0 Å². The van der Waals surface area contributed by atoms with Gasteiger partial charge < -0.3 is 64.2 Å². The van der Waals surface area contributed by atoms with Gasteiger partial charge in [0.05, 0.1) is 58.0 Å². The minimum Gasteiger partial charge on any atom is -0.459 e. The molecule has 18 atom stereocenters. The number of esters is 1. The van der Waals surface area contributed by atoms with Crippen molar-refractivity contribution in [2.24, 2.45) is 17.8 Å². The Labute approximate surface area is 385 Å². The highest BCUT2D eigenvalue weighted by atomic mass is 32.2. The van der Waals surface area contributed by atoms with Crippen molar-refractivity contribution in [1.29, 1.82) is 0 Å². The van der Waals surface area contributed by atoms with E-state index in [4.69, 9.17) is 33.9 Å². The third-order valence-corrected chi connectivity index (χ3v) is 15.3. The normalized spacial score (nSPS) is 43.5. The summed E-state index contributed by atoms with van der Waals surface area (Å²) in [7, 11) is -0.644. The number of anilines is 1. The van der Waals surface area contributed by atoms with Crippen LogP contribution in [0.4, 0.5) is 5.69 Å². The Kier molecular flexibility index (Phi) is 16.0. The summed E-state index contributed by atoms with van der Waals surface area (Å²) >= 11 is 0. The molecule has 18 nitrogen and oxygen atoms in total. The van der Waals surface area contributed by atoms with Gasteiger partial charge in [-0.2, -0.15) is 4.31 Å². The Hall–Kier alpha value is -2.37. The van der Waals surface area contributed by atoms with Crippen LogP contribution in [-0.4, -0.2) is 173 Å². The second kappa shape index (κ2) is 21.3. The van der Waals surface area contributed by atoms with E-state index in [1.807, 2.05) is 11.8 Å². The molecule has 0 bridgehead atoms. The molecule has 64 heavy (non-hydrogen) atoms. The Morgan fingerprint density at radius 2 is 1.61 bits per heavy atom. The summed E-state index contributed by atoms with van der Waals surface area (Å²) in [6.07, 6.45) is -12.6. The minimum atomic E-state index is -4.94. The van der Waals surface area contributed by atoms with Gasteiger partial charge in [-0.1, -0.05) is 20.8 Å². The quantitative estimate of drug-likeness (QED) is 0.185. The van der Waals surface area contributed by atoms with Crippen molar-refractivity contribution >= 4 is 27.6 Å². The number of amides is 1. The molecule has 0 saturated carbocycles. The molecule has 0 aliphatic carbocycles. The van der Waals surface area contributed by atoms with Crippen molar-refractivity contribution in [2.75, 3.05) is 33.1 Å². The molecular weight excluding hydrogens is 855 g/mol. The summed E-state index contributed by atoms with van der Waals surface area (Å²) < 4.78 is 101. The maximum atomic E-state index is 14.4. The fourth-order valence-electron chi connectivity index (χ4n) is 9.57. The second-order valence-corrected chi connectivity index (χ2v) is 21.0. The van der Waals surface area contributed by atoms with E-state index < -0.39 is 159 Å². The summed E-state index contributed by atoms with van der Waals surface area (Å²) in [5.74, 6) is -4.13. The van der Waals surface area contributed by atoms with Crippen molar-refractivity contribution in [2.45, 2.75) is 197 Å². The first kappa shape index (κ1) is 48.1. The number of benzene rings is 1. The van der Waals surface area contributed by atoms with E-state index in [-0.39, 0.29) is 38.1 Å². The second-order valence-electron chi connectivity index (χ2n) is 19.1. The first-order chi connectivity index (χ1) is 31.2. The number of ether oxygens (including phenoxy) is 6. The molecule has 1 amide bonds. The Balaban J connectivity index is 1.86. The molecule has 3 fully saturated rings. The summed E-state index contributed by atoms with van der Waals surface area (Å²) in [5, 5.41) is 61.6. The Bertz CT molecular complexity index is 2030. The Morgan fingerprint density at radius 1 is 1.00 bits per heavy atom. The van der Waals surface area contributed by atoms with Crippen LogP contribution in [0.25, 0.3) is 0 Å². The molecule has 19 heteroatoms. The number of carbonyl (C=O) groups excluding carboxylic acids is 2. The molecule has 3 aliphatic heterocycles. The van der Waals surface area contributed by atoms with Gasteiger partial charge in [0.1, 0.15) is 30.0 Å². The summed E-state index contributed by atoms with van der Waals surface area (Å²) in [4.78, 5) is 27.1. The van der Waals surface area contributed by atoms with E-state index in [9.17, 15) is 43.5 Å². The van der Waals surface area contributed by atoms with Gasteiger partial charge in [0.25, 0.3) is 0 Å². The van der Waals surface area contributed by atoms with Gasteiger partial charge >= 0.3 is 5.97 Å². The molecule has 3 heterocycles. The lowest BCUT2D eigenvalue weighted by atomic mass is 9.77. The van der Waals surface area contributed by atoms with Crippen LogP contribution in [0, 0.1) is 17.8 Å².